The molecule has 25 heavy (non-hydrogen) atoms. The Hall–Kier alpha value is -0.878. The predicted molar refractivity (Wildman–Crippen MR) is 111 cm³/mol. The summed E-state index contributed by atoms with van der Waals surface area (Å²) < 4.78 is 13.0. The molecule has 0 bridgehead atoms. The van der Waals surface area contributed by atoms with Crippen LogP contribution in [0.2, 0.25) is 18.5 Å². The van der Waals surface area contributed by atoms with Crippen LogP contribution in [0.3, 0.4) is 0 Å². The molecule has 0 N–H and O–H groups in total. The molecule has 2 heterocycles. The zero-order valence-corrected chi connectivity index (χ0v) is 18.0. The highest BCUT2D eigenvalue weighted by Gasteiger charge is 2.57. The van der Waals surface area contributed by atoms with Crippen LogP contribution in [0.4, 0.5) is 0 Å². The molecule has 1 aliphatic rings. The molecule has 1 atom stereocenters. The average Bonchev–Trinajstić information content (AvgIpc) is 3.11. The van der Waals surface area contributed by atoms with Gasteiger partial charge in [0.25, 0.3) is 0 Å². The Balaban J connectivity index is 1.96. The maximum absolute atomic E-state index is 6.50. The van der Waals surface area contributed by atoms with Crippen LogP contribution in [0, 0.1) is 0 Å². The van der Waals surface area contributed by atoms with Gasteiger partial charge >= 0.3 is 7.12 Å². The lowest BCUT2D eigenvalue weighted by molar-refractivity contribution is 0.00578. The minimum atomic E-state index is -1.80. The van der Waals surface area contributed by atoms with E-state index in [9.17, 15) is 0 Å². The first-order chi connectivity index (χ1) is 11.6. The molecule has 0 unspecified atom stereocenters. The van der Waals surface area contributed by atoms with Gasteiger partial charge in [-0.2, -0.15) is 11.3 Å². The molecular weight excluding hydrogens is 343 g/mol. The van der Waals surface area contributed by atoms with Crippen LogP contribution in [-0.4, -0.2) is 26.4 Å². The van der Waals surface area contributed by atoms with Crippen molar-refractivity contribution in [1.29, 1.82) is 0 Å². The lowest BCUT2D eigenvalue weighted by atomic mass is 9.80. The number of hydrogen-bond donors (Lipinski definition) is 0. The van der Waals surface area contributed by atoms with Gasteiger partial charge in [-0.05, 0) is 61.9 Å². The lowest BCUT2D eigenvalue weighted by Gasteiger charge is -2.34. The summed E-state index contributed by atoms with van der Waals surface area (Å²) in [7, 11) is -1.96. The van der Waals surface area contributed by atoms with Gasteiger partial charge in [-0.3, -0.25) is 0 Å². The molecule has 134 valence electrons. The Kier molecular flexibility index (Phi) is 5.06. The fourth-order valence-electron chi connectivity index (χ4n) is 3.49. The lowest BCUT2D eigenvalue weighted by Crippen LogP contribution is -2.53. The van der Waals surface area contributed by atoms with Crippen molar-refractivity contribution < 1.29 is 9.31 Å². The van der Waals surface area contributed by atoms with Crippen LogP contribution in [0.5, 0.6) is 0 Å². The van der Waals surface area contributed by atoms with Gasteiger partial charge < -0.3 is 9.31 Å². The minimum Gasteiger partial charge on any atom is -0.403 e. The van der Waals surface area contributed by atoms with Crippen LogP contribution in [0.25, 0.3) is 0 Å². The highest BCUT2D eigenvalue weighted by atomic mass is 32.1. The standard InChI is InChI=1S/C20H29BO2SSi/c1-19(2)20(3,4)23-21(22-19)18(14-16-12-13-24-15-16)25(5,6)17-10-8-7-9-11-17/h7-13,15,18H,14H2,1-6H3/t18-/m0/s1. The SMILES string of the molecule is CC1(C)OB([C@H](Cc2ccsc2)[Si](C)(C)c2ccccc2)OC1(C)C. The van der Waals surface area contributed by atoms with Gasteiger partial charge in [0.2, 0.25) is 0 Å². The van der Waals surface area contributed by atoms with Gasteiger partial charge in [0.1, 0.15) is 0 Å². The monoisotopic (exact) mass is 372 g/mol. The number of rotatable bonds is 5. The molecule has 2 nitrogen and oxygen atoms in total. The van der Waals surface area contributed by atoms with E-state index >= 15 is 0 Å². The molecule has 0 amide bonds. The second-order valence-electron chi connectivity index (χ2n) is 8.65. The molecule has 2 aromatic rings. The van der Waals surface area contributed by atoms with E-state index in [1.54, 1.807) is 11.3 Å². The highest BCUT2D eigenvalue weighted by Crippen LogP contribution is 2.43. The largest absolute Gasteiger partial charge is 0.458 e. The first-order valence-electron chi connectivity index (χ1n) is 9.06. The molecule has 1 saturated heterocycles. The summed E-state index contributed by atoms with van der Waals surface area (Å²) in [4.78, 5) is 0. The van der Waals surface area contributed by atoms with Gasteiger partial charge in [0, 0.05) is 0 Å². The van der Waals surface area contributed by atoms with Crippen molar-refractivity contribution in [3.8, 4) is 0 Å². The maximum atomic E-state index is 6.50. The van der Waals surface area contributed by atoms with Gasteiger partial charge in [0.15, 0.2) is 0 Å². The van der Waals surface area contributed by atoms with Crippen molar-refractivity contribution in [2.75, 3.05) is 0 Å². The van der Waals surface area contributed by atoms with Gasteiger partial charge in [0.05, 0.1) is 19.3 Å². The third-order valence-corrected chi connectivity index (χ3v) is 11.0. The molecule has 1 aromatic carbocycles. The van der Waals surface area contributed by atoms with E-state index in [2.05, 4.69) is 87.9 Å². The van der Waals surface area contributed by atoms with Crippen LogP contribution in [0.1, 0.15) is 33.3 Å². The van der Waals surface area contributed by atoms with Crippen LogP contribution < -0.4 is 5.19 Å². The smallest absolute Gasteiger partial charge is 0.403 e. The fraction of sp³-hybridized carbons (Fsp3) is 0.500. The topological polar surface area (TPSA) is 18.5 Å². The Bertz CT molecular complexity index is 682. The van der Waals surface area contributed by atoms with Crippen molar-refractivity contribution in [3.63, 3.8) is 0 Å². The molecule has 0 aliphatic carbocycles. The molecule has 3 rings (SSSR count). The minimum absolute atomic E-state index is 0.160. The summed E-state index contributed by atoms with van der Waals surface area (Å²) in [5, 5.41) is 5.88. The van der Waals surface area contributed by atoms with E-state index in [0.29, 0.717) is 5.44 Å². The van der Waals surface area contributed by atoms with Gasteiger partial charge in [-0.25, -0.2) is 0 Å². The number of hydrogen-bond acceptors (Lipinski definition) is 3. The zero-order chi connectivity index (χ0) is 18.3. The normalized spacial score (nSPS) is 20.6. The van der Waals surface area contributed by atoms with E-state index in [0.717, 1.165) is 6.42 Å². The van der Waals surface area contributed by atoms with Crippen molar-refractivity contribution >= 4 is 31.7 Å². The predicted octanol–water partition coefficient (Wildman–Crippen LogP) is 4.91. The van der Waals surface area contributed by atoms with Crippen molar-refractivity contribution in [2.24, 2.45) is 0 Å². The number of benzene rings is 1. The van der Waals surface area contributed by atoms with Crippen LogP contribution in [-0.2, 0) is 15.7 Å². The molecular formula is C20H29BO2SSi. The molecule has 1 aromatic heterocycles. The van der Waals surface area contributed by atoms with Crippen LogP contribution in [0.15, 0.2) is 47.2 Å². The zero-order valence-electron chi connectivity index (χ0n) is 16.2. The molecule has 5 heteroatoms. The van der Waals surface area contributed by atoms with E-state index in [1.807, 2.05) is 0 Å². The Morgan fingerprint density at radius 2 is 1.60 bits per heavy atom. The first-order valence-corrected chi connectivity index (χ1v) is 13.1. The second kappa shape index (κ2) is 6.69. The summed E-state index contributed by atoms with van der Waals surface area (Å²) in [6.45, 7) is 13.5. The number of thiophene rings is 1. The van der Waals surface area contributed by atoms with Crippen molar-refractivity contribution in [1.82, 2.24) is 0 Å². The highest BCUT2D eigenvalue weighted by molar-refractivity contribution is 7.08. The Labute approximate surface area is 157 Å². The summed E-state index contributed by atoms with van der Waals surface area (Å²) in [5.74, 6) is 0. The van der Waals surface area contributed by atoms with E-state index in [4.69, 9.17) is 9.31 Å². The molecule has 0 radical (unpaired) electrons. The molecule has 0 spiro atoms. The molecule has 1 aliphatic heterocycles. The molecule has 0 saturated carbocycles. The third kappa shape index (κ3) is 3.66. The summed E-state index contributed by atoms with van der Waals surface area (Å²) in [5.41, 5.74) is 1.18. The Morgan fingerprint density at radius 1 is 1.00 bits per heavy atom. The van der Waals surface area contributed by atoms with E-state index < -0.39 is 8.07 Å². The maximum Gasteiger partial charge on any atom is 0.458 e. The van der Waals surface area contributed by atoms with Crippen molar-refractivity contribution in [2.45, 2.75) is 63.9 Å². The molecule has 1 fully saturated rings. The van der Waals surface area contributed by atoms with Crippen LogP contribution >= 0.6 is 11.3 Å². The first kappa shape index (κ1) is 18.9. The third-order valence-electron chi connectivity index (χ3n) is 6.08. The summed E-state index contributed by atoms with van der Waals surface area (Å²) in [6, 6.07) is 13.2. The van der Waals surface area contributed by atoms with E-state index in [1.165, 1.54) is 10.8 Å². The van der Waals surface area contributed by atoms with Crippen molar-refractivity contribution in [3.05, 3.63) is 52.7 Å². The summed E-state index contributed by atoms with van der Waals surface area (Å²) >= 11 is 1.76. The second-order valence-corrected chi connectivity index (χ2v) is 14.2. The average molecular weight is 372 g/mol. The quantitative estimate of drug-likeness (QED) is 0.695. The van der Waals surface area contributed by atoms with E-state index in [-0.39, 0.29) is 18.3 Å². The summed E-state index contributed by atoms with van der Waals surface area (Å²) in [6.07, 6.45) is 1.01. The Morgan fingerprint density at radius 3 is 2.12 bits per heavy atom. The van der Waals surface area contributed by atoms with Gasteiger partial charge in [-0.15, -0.1) is 0 Å². The fourth-order valence-corrected chi connectivity index (χ4v) is 7.21. The van der Waals surface area contributed by atoms with Gasteiger partial charge in [-0.1, -0.05) is 48.6 Å².